The zero-order valence-electron chi connectivity index (χ0n) is 11.7. The Bertz CT molecular complexity index is 429. The molecule has 1 spiro atoms. The molecule has 0 aromatic carbocycles. The second-order valence-electron chi connectivity index (χ2n) is 6.01. The summed E-state index contributed by atoms with van der Waals surface area (Å²) < 4.78 is 10.6. The second-order valence-corrected chi connectivity index (χ2v) is 6.01. The lowest BCUT2D eigenvalue weighted by molar-refractivity contribution is -0.199. The summed E-state index contributed by atoms with van der Waals surface area (Å²) in [6, 6.07) is 0.596. The van der Waals surface area contributed by atoms with E-state index in [2.05, 4.69) is 23.2 Å². The molecule has 4 heteroatoms. The quantitative estimate of drug-likeness (QED) is 0.574. The van der Waals surface area contributed by atoms with Crippen molar-refractivity contribution in [2.75, 3.05) is 33.4 Å². The van der Waals surface area contributed by atoms with Crippen LogP contribution in [0.15, 0.2) is 28.6 Å². The van der Waals surface area contributed by atoms with E-state index < -0.39 is 0 Å². The van der Waals surface area contributed by atoms with Gasteiger partial charge >= 0.3 is 0 Å². The standard InChI is InChI=1S/C15H22N2O2/c1-11(18-3)13-6-12(4-5-14(13)16-2)17-7-15(8-17)9-19-10-15/h12H,1-2,4-10H2,3H3. The topological polar surface area (TPSA) is 34.1 Å². The van der Waals surface area contributed by atoms with Gasteiger partial charge < -0.3 is 9.47 Å². The highest BCUT2D eigenvalue weighted by atomic mass is 16.5. The summed E-state index contributed by atoms with van der Waals surface area (Å²) in [5.74, 6) is 0.745. The summed E-state index contributed by atoms with van der Waals surface area (Å²) in [6.07, 6.45) is 3.12. The minimum atomic E-state index is 0.485. The molecule has 0 aromatic rings. The van der Waals surface area contributed by atoms with Gasteiger partial charge in [0.2, 0.25) is 0 Å². The Hall–Kier alpha value is -1.13. The van der Waals surface area contributed by atoms with E-state index >= 15 is 0 Å². The third-order valence-electron chi connectivity index (χ3n) is 4.69. The van der Waals surface area contributed by atoms with E-state index in [0.717, 1.165) is 49.5 Å². The van der Waals surface area contributed by atoms with Gasteiger partial charge in [-0.2, -0.15) is 0 Å². The molecular weight excluding hydrogens is 240 g/mol. The number of methoxy groups -OCH3 is 1. The molecule has 0 amide bonds. The molecule has 3 aliphatic rings. The van der Waals surface area contributed by atoms with E-state index in [1.165, 1.54) is 13.1 Å². The summed E-state index contributed by atoms with van der Waals surface area (Å²) in [5.41, 5.74) is 2.70. The van der Waals surface area contributed by atoms with Gasteiger partial charge in [-0.3, -0.25) is 9.89 Å². The van der Waals surface area contributed by atoms with E-state index in [4.69, 9.17) is 9.47 Å². The van der Waals surface area contributed by atoms with Crippen LogP contribution in [0.3, 0.4) is 0 Å². The highest BCUT2D eigenvalue weighted by Crippen LogP contribution is 2.42. The Morgan fingerprint density at radius 3 is 2.74 bits per heavy atom. The molecule has 19 heavy (non-hydrogen) atoms. The summed E-state index contributed by atoms with van der Waals surface area (Å²) >= 11 is 0. The van der Waals surface area contributed by atoms with Crippen molar-refractivity contribution in [3.8, 4) is 0 Å². The molecule has 4 nitrogen and oxygen atoms in total. The predicted octanol–water partition coefficient (Wildman–Crippen LogP) is 1.99. The molecule has 0 bridgehead atoms. The van der Waals surface area contributed by atoms with Gasteiger partial charge in [-0.05, 0) is 26.0 Å². The molecule has 104 valence electrons. The number of hydrogen-bond donors (Lipinski definition) is 0. The van der Waals surface area contributed by atoms with Crippen molar-refractivity contribution in [3.63, 3.8) is 0 Å². The number of ether oxygens (including phenoxy) is 2. The lowest BCUT2D eigenvalue weighted by Crippen LogP contribution is -2.68. The molecule has 2 aliphatic heterocycles. The first kappa shape index (κ1) is 12.9. The summed E-state index contributed by atoms with van der Waals surface area (Å²) in [7, 11) is 1.67. The molecule has 0 radical (unpaired) electrons. The minimum absolute atomic E-state index is 0.485. The van der Waals surface area contributed by atoms with Crippen molar-refractivity contribution in [2.45, 2.75) is 25.3 Å². The van der Waals surface area contributed by atoms with E-state index in [0.29, 0.717) is 11.5 Å². The van der Waals surface area contributed by atoms with Gasteiger partial charge in [-0.15, -0.1) is 0 Å². The number of rotatable bonds is 4. The highest BCUT2D eigenvalue weighted by Gasteiger charge is 2.51. The van der Waals surface area contributed by atoms with Crippen LogP contribution < -0.4 is 0 Å². The van der Waals surface area contributed by atoms with Crippen molar-refractivity contribution in [1.82, 2.24) is 4.90 Å². The Balaban J connectivity index is 1.66. The highest BCUT2D eigenvalue weighted by molar-refractivity contribution is 5.38. The van der Waals surface area contributed by atoms with Crippen molar-refractivity contribution in [1.29, 1.82) is 0 Å². The lowest BCUT2D eigenvalue weighted by atomic mass is 9.75. The number of aliphatic imine (C=N–C) groups is 1. The SMILES string of the molecule is C=NC1=C(C(=C)OC)CC(N2CC3(COC3)C2)CC1. The van der Waals surface area contributed by atoms with Crippen LogP contribution in [0.25, 0.3) is 0 Å². The zero-order chi connectivity index (χ0) is 13.5. The van der Waals surface area contributed by atoms with Gasteiger partial charge in [-0.25, -0.2) is 0 Å². The van der Waals surface area contributed by atoms with Crippen LogP contribution in [0.1, 0.15) is 19.3 Å². The van der Waals surface area contributed by atoms with Crippen LogP contribution in [-0.2, 0) is 9.47 Å². The molecule has 2 heterocycles. The zero-order valence-corrected chi connectivity index (χ0v) is 11.7. The van der Waals surface area contributed by atoms with Gasteiger partial charge in [0.25, 0.3) is 0 Å². The molecule has 2 saturated heterocycles. The Labute approximate surface area is 114 Å². The molecule has 0 saturated carbocycles. The van der Waals surface area contributed by atoms with E-state index in [-0.39, 0.29) is 0 Å². The van der Waals surface area contributed by atoms with Crippen molar-refractivity contribution >= 4 is 6.72 Å². The van der Waals surface area contributed by atoms with Crippen molar-refractivity contribution in [2.24, 2.45) is 10.4 Å². The van der Waals surface area contributed by atoms with Gasteiger partial charge in [0, 0.05) is 35.8 Å². The molecule has 2 fully saturated rings. The maximum atomic E-state index is 5.33. The molecule has 0 aromatic heterocycles. The number of allylic oxidation sites excluding steroid dienone is 2. The molecular formula is C15H22N2O2. The molecule has 3 rings (SSSR count). The first-order chi connectivity index (χ1) is 9.17. The fraction of sp³-hybridized carbons (Fsp3) is 0.667. The largest absolute Gasteiger partial charge is 0.497 e. The average molecular weight is 262 g/mol. The average Bonchev–Trinajstić information content (AvgIpc) is 2.34. The van der Waals surface area contributed by atoms with Gasteiger partial charge in [-0.1, -0.05) is 6.58 Å². The van der Waals surface area contributed by atoms with Crippen LogP contribution >= 0.6 is 0 Å². The van der Waals surface area contributed by atoms with E-state index in [9.17, 15) is 0 Å². The van der Waals surface area contributed by atoms with Crippen LogP contribution in [-0.4, -0.2) is 51.1 Å². The molecule has 1 unspecified atom stereocenters. The number of hydrogen-bond acceptors (Lipinski definition) is 4. The predicted molar refractivity (Wildman–Crippen MR) is 75.2 cm³/mol. The van der Waals surface area contributed by atoms with E-state index in [1.807, 2.05) is 0 Å². The minimum Gasteiger partial charge on any atom is -0.497 e. The molecule has 1 aliphatic carbocycles. The van der Waals surface area contributed by atoms with Crippen molar-refractivity contribution < 1.29 is 9.47 Å². The Morgan fingerprint density at radius 1 is 1.47 bits per heavy atom. The van der Waals surface area contributed by atoms with Crippen LogP contribution in [0.5, 0.6) is 0 Å². The summed E-state index contributed by atoms with van der Waals surface area (Å²) in [5, 5.41) is 0. The smallest absolute Gasteiger partial charge is 0.116 e. The summed E-state index contributed by atoms with van der Waals surface area (Å²) in [4.78, 5) is 6.72. The van der Waals surface area contributed by atoms with Gasteiger partial charge in [0.05, 0.1) is 20.3 Å². The fourth-order valence-electron chi connectivity index (χ4n) is 3.44. The monoisotopic (exact) mass is 262 g/mol. The third kappa shape index (κ3) is 2.13. The number of likely N-dealkylation sites (tertiary alicyclic amines) is 1. The van der Waals surface area contributed by atoms with Crippen LogP contribution in [0, 0.1) is 5.41 Å². The second kappa shape index (κ2) is 4.76. The van der Waals surface area contributed by atoms with E-state index in [1.54, 1.807) is 7.11 Å². The fourth-order valence-corrected chi connectivity index (χ4v) is 3.44. The van der Waals surface area contributed by atoms with Crippen molar-refractivity contribution in [3.05, 3.63) is 23.6 Å². The Kier molecular flexibility index (Phi) is 3.23. The first-order valence-corrected chi connectivity index (χ1v) is 6.91. The van der Waals surface area contributed by atoms with Crippen LogP contribution in [0.4, 0.5) is 0 Å². The number of nitrogens with zero attached hydrogens (tertiary/aromatic N) is 2. The summed E-state index contributed by atoms with van der Waals surface area (Å²) in [6.45, 7) is 11.9. The van der Waals surface area contributed by atoms with Crippen LogP contribution in [0.2, 0.25) is 0 Å². The maximum Gasteiger partial charge on any atom is 0.116 e. The third-order valence-corrected chi connectivity index (χ3v) is 4.69. The Morgan fingerprint density at radius 2 is 2.21 bits per heavy atom. The molecule has 1 atom stereocenters. The first-order valence-electron chi connectivity index (χ1n) is 6.91. The van der Waals surface area contributed by atoms with Gasteiger partial charge in [0.1, 0.15) is 5.76 Å². The van der Waals surface area contributed by atoms with Gasteiger partial charge in [0.15, 0.2) is 0 Å². The lowest BCUT2D eigenvalue weighted by Gasteiger charge is -2.58. The molecule has 0 N–H and O–H groups in total. The maximum absolute atomic E-state index is 5.33. The normalized spacial score (nSPS) is 29.6.